The van der Waals surface area contributed by atoms with Crippen LogP contribution in [0.2, 0.25) is 0 Å². The van der Waals surface area contributed by atoms with Crippen LogP contribution >= 0.6 is 24.0 Å². The van der Waals surface area contributed by atoms with Crippen molar-refractivity contribution in [3.63, 3.8) is 0 Å². The second-order valence-corrected chi connectivity index (χ2v) is 6.75. The van der Waals surface area contributed by atoms with Crippen LogP contribution in [0, 0.1) is 5.41 Å². The molecule has 0 aliphatic carbocycles. The van der Waals surface area contributed by atoms with Gasteiger partial charge in [-0.1, -0.05) is 18.2 Å². The fourth-order valence-electron chi connectivity index (χ4n) is 3.15. The second kappa shape index (κ2) is 9.57. The average Bonchev–Trinajstić information content (AvgIpc) is 3.10. The Kier molecular flexibility index (Phi) is 7.72. The summed E-state index contributed by atoms with van der Waals surface area (Å²) in [6.45, 7) is 4.26. The number of guanidine groups is 1. The summed E-state index contributed by atoms with van der Waals surface area (Å²) >= 11 is 0. The smallest absolute Gasteiger partial charge is 0.191 e. The lowest BCUT2D eigenvalue weighted by Crippen LogP contribution is -2.47. The zero-order valence-electron chi connectivity index (χ0n) is 15.3. The van der Waals surface area contributed by atoms with E-state index >= 15 is 0 Å². The van der Waals surface area contributed by atoms with E-state index < -0.39 is 0 Å². The Balaban J connectivity index is 0.00000243. The first kappa shape index (κ1) is 21.0. The first-order chi connectivity index (χ1) is 12.2. The predicted molar refractivity (Wildman–Crippen MR) is 114 cm³/mol. The standard InChI is InChI=1S/C19H27N3O3.HI/c1-14(17-11-15-5-3-4-6-16(15)25-17)22-18(20-2)21-12-19(13-23)7-9-24-10-8-19;/h3-6,11,14,23H,7-10,12-13H2,1-2H3,(H2,20,21,22);1H. The molecule has 144 valence electrons. The van der Waals surface area contributed by atoms with Crippen molar-refractivity contribution in [2.45, 2.75) is 25.8 Å². The normalized spacial score (nSPS) is 18.2. The molecule has 1 atom stereocenters. The van der Waals surface area contributed by atoms with E-state index in [4.69, 9.17) is 9.15 Å². The molecule has 1 aliphatic heterocycles. The number of hydrogen-bond acceptors (Lipinski definition) is 4. The van der Waals surface area contributed by atoms with Crippen molar-refractivity contribution < 1.29 is 14.3 Å². The first-order valence-corrected chi connectivity index (χ1v) is 8.80. The van der Waals surface area contributed by atoms with E-state index in [-0.39, 0.29) is 42.0 Å². The van der Waals surface area contributed by atoms with E-state index in [9.17, 15) is 5.11 Å². The number of benzene rings is 1. The van der Waals surface area contributed by atoms with Gasteiger partial charge in [-0.05, 0) is 31.9 Å². The van der Waals surface area contributed by atoms with Crippen molar-refractivity contribution >= 4 is 40.9 Å². The van der Waals surface area contributed by atoms with Crippen LogP contribution in [0.3, 0.4) is 0 Å². The summed E-state index contributed by atoms with van der Waals surface area (Å²) in [7, 11) is 1.75. The maximum Gasteiger partial charge on any atom is 0.191 e. The lowest BCUT2D eigenvalue weighted by Gasteiger charge is -2.36. The Morgan fingerprint density at radius 1 is 1.31 bits per heavy atom. The molecule has 1 fully saturated rings. The van der Waals surface area contributed by atoms with Crippen LogP contribution in [0.5, 0.6) is 0 Å². The average molecular weight is 473 g/mol. The number of ether oxygens (including phenoxy) is 1. The topological polar surface area (TPSA) is 79.0 Å². The van der Waals surface area contributed by atoms with Gasteiger partial charge in [-0.15, -0.1) is 24.0 Å². The van der Waals surface area contributed by atoms with E-state index in [0.717, 1.165) is 29.6 Å². The highest BCUT2D eigenvalue weighted by Crippen LogP contribution is 2.29. The monoisotopic (exact) mass is 473 g/mol. The minimum absolute atomic E-state index is 0. The van der Waals surface area contributed by atoms with E-state index in [1.54, 1.807) is 7.05 Å². The molecule has 0 spiro atoms. The first-order valence-electron chi connectivity index (χ1n) is 8.80. The molecular weight excluding hydrogens is 445 g/mol. The van der Waals surface area contributed by atoms with Gasteiger partial charge in [0.05, 0.1) is 12.6 Å². The number of aliphatic hydroxyl groups excluding tert-OH is 1. The number of nitrogens with zero attached hydrogens (tertiary/aromatic N) is 1. The van der Waals surface area contributed by atoms with Gasteiger partial charge < -0.3 is 24.9 Å². The Morgan fingerprint density at radius 3 is 2.69 bits per heavy atom. The molecule has 2 heterocycles. The third-order valence-electron chi connectivity index (χ3n) is 4.97. The SMILES string of the molecule is CN=C(NCC1(CO)CCOCC1)NC(C)c1cc2ccccc2o1.I. The van der Waals surface area contributed by atoms with Gasteiger partial charge in [0.15, 0.2) is 5.96 Å². The minimum Gasteiger partial charge on any atom is -0.459 e. The van der Waals surface area contributed by atoms with Crippen molar-refractivity contribution in [1.82, 2.24) is 10.6 Å². The molecule has 1 aliphatic rings. The maximum atomic E-state index is 9.80. The van der Waals surface area contributed by atoms with Gasteiger partial charge in [0.1, 0.15) is 11.3 Å². The zero-order chi connectivity index (χ0) is 17.7. The number of furan rings is 1. The van der Waals surface area contributed by atoms with Gasteiger partial charge in [-0.25, -0.2) is 0 Å². The molecule has 0 amide bonds. The van der Waals surface area contributed by atoms with Gasteiger partial charge in [-0.3, -0.25) is 4.99 Å². The molecule has 1 aromatic carbocycles. The van der Waals surface area contributed by atoms with Crippen molar-refractivity contribution in [2.24, 2.45) is 10.4 Å². The molecule has 0 radical (unpaired) electrons. The molecular formula is C19H28IN3O3. The fraction of sp³-hybridized carbons (Fsp3) is 0.526. The van der Waals surface area contributed by atoms with E-state index in [2.05, 4.69) is 15.6 Å². The van der Waals surface area contributed by atoms with Crippen LogP contribution in [-0.4, -0.2) is 44.5 Å². The van der Waals surface area contributed by atoms with Gasteiger partial charge in [-0.2, -0.15) is 0 Å². The van der Waals surface area contributed by atoms with Gasteiger partial charge in [0.25, 0.3) is 0 Å². The number of fused-ring (bicyclic) bond motifs is 1. The summed E-state index contributed by atoms with van der Waals surface area (Å²) in [5.41, 5.74) is 0.744. The quantitative estimate of drug-likeness (QED) is 0.354. The number of rotatable bonds is 5. The number of nitrogens with one attached hydrogen (secondary N) is 2. The predicted octanol–water partition coefficient (Wildman–Crippen LogP) is 3.07. The molecule has 3 N–H and O–H groups in total. The minimum atomic E-state index is -0.140. The number of halogens is 1. The lowest BCUT2D eigenvalue weighted by molar-refractivity contribution is -0.0132. The van der Waals surface area contributed by atoms with Gasteiger partial charge in [0.2, 0.25) is 0 Å². The van der Waals surface area contributed by atoms with Crippen molar-refractivity contribution in [2.75, 3.05) is 33.4 Å². The molecule has 1 aromatic heterocycles. The maximum absolute atomic E-state index is 9.80. The van der Waals surface area contributed by atoms with E-state index in [0.29, 0.717) is 25.7 Å². The number of hydrogen-bond donors (Lipinski definition) is 3. The fourth-order valence-corrected chi connectivity index (χ4v) is 3.15. The molecule has 7 heteroatoms. The Bertz CT molecular complexity index is 693. The van der Waals surface area contributed by atoms with Gasteiger partial charge in [0, 0.05) is 37.6 Å². The third-order valence-corrected chi connectivity index (χ3v) is 4.97. The highest BCUT2D eigenvalue weighted by molar-refractivity contribution is 14.0. The highest BCUT2D eigenvalue weighted by Gasteiger charge is 2.32. The number of para-hydroxylation sites is 1. The Labute approximate surface area is 171 Å². The van der Waals surface area contributed by atoms with E-state index in [1.807, 2.05) is 37.3 Å². The van der Waals surface area contributed by atoms with E-state index in [1.165, 1.54) is 0 Å². The summed E-state index contributed by atoms with van der Waals surface area (Å²) < 4.78 is 11.3. The van der Waals surface area contributed by atoms with Crippen LogP contribution in [-0.2, 0) is 4.74 Å². The largest absolute Gasteiger partial charge is 0.459 e. The molecule has 1 unspecified atom stereocenters. The molecule has 3 rings (SSSR count). The van der Waals surface area contributed by atoms with Crippen LogP contribution < -0.4 is 10.6 Å². The molecule has 6 nitrogen and oxygen atoms in total. The summed E-state index contributed by atoms with van der Waals surface area (Å²) in [4.78, 5) is 4.30. The summed E-state index contributed by atoms with van der Waals surface area (Å²) in [5, 5.41) is 17.6. The lowest BCUT2D eigenvalue weighted by atomic mass is 9.81. The summed E-state index contributed by atoms with van der Waals surface area (Å²) in [6.07, 6.45) is 1.71. The van der Waals surface area contributed by atoms with Gasteiger partial charge >= 0.3 is 0 Å². The summed E-state index contributed by atoms with van der Waals surface area (Å²) in [6, 6.07) is 10.0. The second-order valence-electron chi connectivity index (χ2n) is 6.75. The molecule has 1 saturated heterocycles. The van der Waals surface area contributed by atoms with Crippen LogP contribution in [0.1, 0.15) is 31.6 Å². The number of aliphatic hydroxyl groups is 1. The molecule has 0 bridgehead atoms. The highest BCUT2D eigenvalue weighted by atomic mass is 127. The number of aliphatic imine (C=N–C) groups is 1. The van der Waals surface area contributed by atoms with Crippen molar-refractivity contribution in [1.29, 1.82) is 0 Å². The molecule has 0 saturated carbocycles. The van der Waals surface area contributed by atoms with Crippen LogP contribution in [0.25, 0.3) is 11.0 Å². The van der Waals surface area contributed by atoms with Crippen molar-refractivity contribution in [3.05, 3.63) is 36.1 Å². The summed E-state index contributed by atoms with van der Waals surface area (Å²) in [5.74, 6) is 1.57. The Hall–Kier alpha value is -1.32. The molecule has 26 heavy (non-hydrogen) atoms. The molecule has 2 aromatic rings. The van der Waals surface area contributed by atoms with Crippen molar-refractivity contribution in [3.8, 4) is 0 Å². The van der Waals surface area contributed by atoms with Crippen LogP contribution in [0.4, 0.5) is 0 Å². The third kappa shape index (κ3) is 4.89. The van der Waals surface area contributed by atoms with Crippen LogP contribution in [0.15, 0.2) is 39.7 Å². The zero-order valence-corrected chi connectivity index (χ0v) is 17.7. The Morgan fingerprint density at radius 2 is 2.04 bits per heavy atom.